The van der Waals surface area contributed by atoms with Crippen LogP contribution < -0.4 is 0 Å². The first-order valence-electron chi connectivity index (χ1n) is 8.14. The molecule has 1 saturated heterocycles. The molecule has 0 spiro atoms. The van der Waals surface area contributed by atoms with Crippen LogP contribution in [0.25, 0.3) is 11.3 Å². The molecule has 0 radical (unpaired) electrons. The van der Waals surface area contributed by atoms with Crippen LogP contribution in [0.15, 0.2) is 30.5 Å². The molecule has 0 aliphatic carbocycles. The number of aromatic nitrogens is 2. The van der Waals surface area contributed by atoms with Gasteiger partial charge in [0.2, 0.25) is 0 Å². The predicted octanol–water partition coefficient (Wildman–Crippen LogP) is 4.75. The van der Waals surface area contributed by atoms with Crippen LogP contribution in [0.2, 0.25) is 0 Å². The maximum Gasteiger partial charge on any atom is 0.410 e. The molecule has 6 heteroatoms. The lowest BCUT2D eigenvalue weighted by molar-refractivity contribution is 0.0219. The van der Waals surface area contributed by atoms with Crippen molar-refractivity contribution in [2.24, 2.45) is 0 Å². The number of benzene rings is 1. The number of hydrogen-bond acceptors (Lipinski definition) is 3. The highest BCUT2D eigenvalue weighted by atomic mass is 127. The minimum absolute atomic E-state index is 0.0440. The van der Waals surface area contributed by atoms with Crippen molar-refractivity contribution >= 4 is 28.7 Å². The van der Waals surface area contributed by atoms with E-state index in [9.17, 15) is 4.79 Å². The number of ether oxygens (including phenoxy) is 1. The topological polar surface area (TPSA) is 58.2 Å². The van der Waals surface area contributed by atoms with Crippen LogP contribution in [0.1, 0.15) is 45.5 Å². The minimum Gasteiger partial charge on any atom is -0.444 e. The molecule has 1 aromatic heterocycles. The normalized spacial score (nSPS) is 18.0. The number of carbonyl (C=O) groups is 1. The summed E-state index contributed by atoms with van der Waals surface area (Å²) in [5.41, 5.74) is 1.58. The largest absolute Gasteiger partial charge is 0.444 e. The minimum atomic E-state index is -0.486. The molecule has 3 rings (SSSR count). The Morgan fingerprint density at radius 2 is 2.04 bits per heavy atom. The number of carbonyl (C=O) groups excluding carboxylic acids is 1. The molecule has 2 aromatic rings. The Balaban J connectivity index is 1.78. The average Bonchev–Trinajstić information content (AvgIpc) is 3.15. The molecule has 1 atom stereocenters. The summed E-state index contributed by atoms with van der Waals surface area (Å²) in [6.45, 7) is 6.37. The second-order valence-corrected chi connectivity index (χ2v) is 8.27. The van der Waals surface area contributed by atoms with Crippen molar-refractivity contribution in [3.05, 3.63) is 39.9 Å². The average molecular weight is 439 g/mol. The Labute approximate surface area is 155 Å². The molecule has 1 aliphatic heterocycles. The Morgan fingerprint density at radius 1 is 1.33 bits per heavy atom. The smallest absolute Gasteiger partial charge is 0.410 e. The van der Waals surface area contributed by atoms with Gasteiger partial charge in [-0.05, 0) is 73.9 Å². The van der Waals surface area contributed by atoms with E-state index in [4.69, 9.17) is 4.74 Å². The van der Waals surface area contributed by atoms with Gasteiger partial charge in [0.05, 0.1) is 17.9 Å². The van der Waals surface area contributed by atoms with E-state index in [0.717, 1.165) is 29.9 Å². The zero-order valence-corrected chi connectivity index (χ0v) is 16.3. The van der Waals surface area contributed by atoms with Crippen molar-refractivity contribution in [1.29, 1.82) is 0 Å². The van der Waals surface area contributed by atoms with Gasteiger partial charge in [-0.15, -0.1) is 0 Å². The lowest BCUT2D eigenvalue weighted by atomic mass is 10.2. The lowest BCUT2D eigenvalue weighted by Crippen LogP contribution is -2.36. The van der Waals surface area contributed by atoms with Crippen molar-refractivity contribution in [3.63, 3.8) is 0 Å². The monoisotopic (exact) mass is 439 g/mol. The second-order valence-electron chi connectivity index (χ2n) is 7.02. The molecule has 1 N–H and O–H groups in total. The fourth-order valence-corrected chi connectivity index (χ4v) is 3.23. The van der Waals surface area contributed by atoms with Gasteiger partial charge in [0.1, 0.15) is 11.4 Å². The quantitative estimate of drug-likeness (QED) is 0.687. The van der Waals surface area contributed by atoms with Crippen molar-refractivity contribution in [2.75, 3.05) is 6.54 Å². The Kier molecular flexibility index (Phi) is 4.85. The van der Waals surface area contributed by atoms with Crippen LogP contribution in [-0.2, 0) is 4.74 Å². The summed E-state index contributed by atoms with van der Waals surface area (Å²) in [5, 5.41) is 0. The number of nitrogens with zero attached hydrogens (tertiary/aromatic N) is 2. The van der Waals surface area contributed by atoms with E-state index < -0.39 is 5.60 Å². The third-order valence-electron chi connectivity index (χ3n) is 3.95. The molecule has 1 aliphatic rings. The maximum atomic E-state index is 12.4. The van der Waals surface area contributed by atoms with E-state index in [2.05, 4.69) is 56.8 Å². The number of halogens is 1. The third-order valence-corrected chi connectivity index (χ3v) is 4.67. The van der Waals surface area contributed by atoms with Gasteiger partial charge in [0.25, 0.3) is 0 Å². The molecule has 2 heterocycles. The fourth-order valence-electron chi connectivity index (χ4n) is 2.87. The number of imidazole rings is 1. The molecular weight excluding hydrogens is 417 g/mol. The van der Waals surface area contributed by atoms with Crippen molar-refractivity contribution in [3.8, 4) is 11.3 Å². The van der Waals surface area contributed by atoms with Gasteiger partial charge < -0.3 is 9.72 Å². The molecule has 1 amide bonds. The van der Waals surface area contributed by atoms with E-state index in [0.29, 0.717) is 6.54 Å². The standard InChI is InChI=1S/C18H22IN3O2/c1-18(2,3)24-17(23)22-10-4-5-15(22)16-20-11-14(21-16)12-6-8-13(19)9-7-12/h6-9,11,15H,4-5,10H2,1-3H3,(H,20,21)/t15-/m1/s1. The summed E-state index contributed by atoms with van der Waals surface area (Å²) in [4.78, 5) is 22.1. The molecule has 24 heavy (non-hydrogen) atoms. The van der Waals surface area contributed by atoms with Crippen LogP contribution in [0.3, 0.4) is 0 Å². The number of aromatic amines is 1. The Hall–Kier alpha value is -1.57. The molecule has 0 saturated carbocycles. The zero-order chi connectivity index (χ0) is 17.3. The second kappa shape index (κ2) is 6.74. The SMILES string of the molecule is CC(C)(C)OC(=O)N1CCC[C@@H]1c1ncc(-c2ccc(I)cc2)[nH]1. The highest BCUT2D eigenvalue weighted by Crippen LogP contribution is 2.32. The summed E-state index contributed by atoms with van der Waals surface area (Å²) in [6, 6.07) is 8.23. The number of likely N-dealkylation sites (tertiary alicyclic amines) is 1. The maximum absolute atomic E-state index is 12.4. The summed E-state index contributed by atoms with van der Waals surface area (Å²) in [5.74, 6) is 0.826. The lowest BCUT2D eigenvalue weighted by Gasteiger charge is -2.27. The van der Waals surface area contributed by atoms with Crippen LogP contribution in [0.4, 0.5) is 4.79 Å². The van der Waals surface area contributed by atoms with Crippen LogP contribution >= 0.6 is 22.6 Å². The third kappa shape index (κ3) is 3.91. The Morgan fingerprint density at radius 3 is 2.71 bits per heavy atom. The van der Waals surface area contributed by atoms with E-state index in [-0.39, 0.29) is 12.1 Å². The van der Waals surface area contributed by atoms with Crippen molar-refractivity contribution in [1.82, 2.24) is 14.9 Å². The van der Waals surface area contributed by atoms with Gasteiger partial charge >= 0.3 is 6.09 Å². The summed E-state index contributed by atoms with van der Waals surface area (Å²) in [7, 11) is 0. The van der Waals surface area contributed by atoms with Gasteiger partial charge in [0, 0.05) is 10.1 Å². The van der Waals surface area contributed by atoms with Crippen molar-refractivity contribution in [2.45, 2.75) is 45.3 Å². The first-order chi connectivity index (χ1) is 11.3. The summed E-state index contributed by atoms with van der Waals surface area (Å²) in [6.07, 6.45) is 3.43. The van der Waals surface area contributed by atoms with E-state index in [1.54, 1.807) is 4.90 Å². The molecule has 5 nitrogen and oxygen atoms in total. The molecule has 0 bridgehead atoms. The summed E-state index contributed by atoms with van der Waals surface area (Å²) < 4.78 is 6.72. The van der Waals surface area contributed by atoms with Gasteiger partial charge in [-0.25, -0.2) is 9.78 Å². The highest BCUT2D eigenvalue weighted by molar-refractivity contribution is 14.1. The first kappa shape index (κ1) is 17.3. The van der Waals surface area contributed by atoms with E-state index in [1.165, 1.54) is 3.57 Å². The number of rotatable bonds is 2. The van der Waals surface area contributed by atoms with Gasteiger partial charge in [-0.3, -0.25) is 4.90 Å². The van der Waals surface area contributed by atoms with Crippen LogP contribution in [0.5, 0.6) is 0 Å². The number of H-pyrrole nitrogens is 1. The number of nitrogens with one attached hydrogen (secondary N) is 1. The van der Waals surface area contributed by atoms with E-state index >= 15 is 0 Å². The Bertz CT molecular complexity index is 719. The first-order valence-corrected chi connectivity index (χ1v) is 9.22. The molecular formula is C18H22IN3O2. The fraction of sp³-hybridized carbons (Fsp3) is 0.444. The van der Waals surface area contributed by atoms with E-state index in [1.807, 2.05) is 27.0 Å². The van der Waals surface area contributed by atoms with Crippen LogP contribution in [-0.4, -0.2) is 33.1 Å². The van der Waals surface area contributed by atoms with Gasteiger partial charge in [-0.1, -0.05) is 12.1 Å². The molecule has 0 unspecified atom stereocenters. The molecule has 128 valence electrons. The highest BCUT2D eigenvalue weighted by Gasteiger charge is 2.34. The molecule has 1 fully saturated rings. The predicted molar refractivity (Wildman–Crippen MR) is 102 cm³/mol. The number of hydrogen-bond donors (Lipinski definition) is 1. The van der Waals surface area contributed by atoms with Crippen LogP contribution in [0, 0.1) is 3.57 Å². The number of amides is 1. The van der Waals surface area contributed by atoms with Gasteiger partial charge in [0.15, 0.2) is 0 Å². The van der Waals surface area contributed by atoms with Crippen molar-refractivity contribution < 1.29 is 9.53 Å². The summed E-state index contributed by atoms with van der Waals surface area (Å²) >= 11 is 2.29. The molecule has 1 aromatic carbocycles. The zero-order valence-electron chi connectivity index (χ0n) is 14.2. The van der Waals surface area contributed by atoms with Gasteiger partial charge in [-0.2, -0.15) is 0 Å².